The predicted molar refractivity (Wildman–Crippen MR) is 352 cm³/mol. The Labute approximate surface area is 509 Å². The van der Waals surface area contributed by atoms with Gasteiger partial charge in [-0.25, -0.2) is 0 Å². The van der Waals surface area contributed by atoms with Gasteiger partial charge in [-0.2, -0.15) is 0 Å². The second kappa shape index (κ2) is 63.5. The molecule has 0 rings (SSSR count). The third-order valence-electron chi connectivity index (χ3n) is 13.9. The van der Waals surface area contributed by atoms with Crippen LogP contribution in [-0.2, 0) is 33.3 Å². The van der Waals surface area contributed by atoms with Gasteiger partial charge < -0.3 is 33.3 Å². The molecular weight excluding hydrogens is 1030 g/mol. The van der Waals surface area contributed by atoms with Gasteiger partial charge >= 0.3 is 11.9 Å². The monoisotopic (exact) mass is 1150 g/mol. The van der Waals surface area contributed by atoms with Gasteiger partial charge in [0.05, 0.1) is 40.3 Å². The van der Waals surface area contributed by atoms with Crippen molar-refractivity contribution in [2.75, 3.05) is 47.5 Å². The van der Waals surface area contributed by atoms with Crippen molar-refractivity contribution in [1.82, 2.24) is 0 Å². The van der Waals surface area contributed by atoms with Crippen LogP contribution in [-0.4, -0.2) is 82.3 Å². The van der Waals surface area contributed by atoms with Crippen molar-refractivity contribution < 1.29 is 42.9 Å². The van der Waals surface area contributed by atoms with Crippen LogP contribution in [0.1, 0.15) is 258 Å². The molecule has 2 unspecified atom stereocenters. The number of allylic oxidation sites excluding steroid dienone is 22. The molecule has 0 saturated heterocycles. The molecule has 0 N–H and O–H groups in total. The SMILES string of the molecule is CC/C=C\C/C=C\C/C=C\C/C=C\C/C=C\C/C=C\C/C=C\C/C=C\C/C=C\C/C=C\C/C=C\CCCCCCCC(=O)OC(COC(=O)CCCCCCCCCCCCCCCCCCCCC)COC(OCC[N+](C)(C)C)C(=O)[O-]. The molecule has 0 aliphatic rings. The summed E-state index contributed by atoms with van der Waals surface area (Å²) in [7, 11) is 5.91. The first-order valence-corrected chi connectivity index (χ1v) is 33.3. The molecule has 0 aliphatic heterocycles. The minimum absolute atomic E-state index is 0.138. The molecule has 0 aromatic heterocycles. The zero-order chi connectivity index (χ0) is 60.5. The number of nitrogens with zero attached hydrogens (tertiary/aromatic N) is 1. The molecule has 0 amide bonds. The van der Waals surface area contributed by atoms with Gasteiger partial charge in [0.25, 0.3) is 0 Å². The summed E-state index contributed by atoms with van der Waals surface area (Å²) in [5.74, 6) is -2.31. The number of hydrogen-bond donors (Lipinski definition) is 0. The van der Waals surface area contributed by atoms with Crippen LogP contribution in [0.3, 0.4) is 0 Å². The van der Waals surface area contributed by atoms with E-state index in [4.69, 9.17) is 18.9 Å². The van der Waals surface area contributed by atoms with Crippen molar-refractivity contribution >= 4 is 17.9 Å². The lowest BCUT2D eigenvalue weighted by Crippen LogP contribution is -2.44. The average molecular weight is 1150 g/mol. The van der Waals surface area contributed by atoms with Crippen LogP contribution in [0.2, 0.25) is 0 Å². The Morgan fingerprint density at radius 2 is 0.687 bits per heavy atom. The summed E-state index contributed by atoms with van der Waals surface area (Å²) in [5.41, 5.74) is 0. The van der Waals surface area contributed by atoms with Crippen molar-refractivity contribution in [2.45, 2.75) is 270 Å². The summed E-state index contributed by atoms with van der Waals surface area (Å²) in [6, 6.07) is 0. The summed E-state index contributed by atoms with van der Waals surface area (Å²) in [4.78, 5) is 37.4. The maximum absolute atomic E-state index is 12.9. The zero-order valence-electron chi connectivity index (χ0n) is 53.8. The average Bonchev–Trinajstić information content (AvgIpc) is 3.46. The fraction of sp³-hybridized carbons (Fsp3) is 0.662. The second-order valence-corrected chi connectivity index (χ2v) is 23.0. The lowest BCUT2D eigenvalue weighted by Gasteiger charge is -2.26. The lowest BCUT2D eigenvalue weighted by atomic mass is 10.0. The summed E-state index contributed by atoms with van der Waals surface area (Å²) >= 11 is 0. The summed E-state index contributed by atoms with van der Waals surface area (Å²) in [6.07, 6.45) is 88.0. The van der Waals surface area contributed by atoms with Crippen LogP contribution < -0.4 is 5.11 Å². The number of hydrogen-bond acceptors (Lipinski definition) is 8. The van der Waals surface area contributed by atoms with Crippen molar-refractivity contribution in [2.24, 2.45) is 0 Å². The molecule has 472 valence electrons. The first-order valence-electron chi connectivity index (χ1n) is 33.3. The van der Waals surface area contributed by atoms with Crippen molar-refractivity contribution in [3.05, 3.63) is 134 Å². The van der Waals surface area contributed by atoms with Crippen LogP contribution in [0, 0.1) is 0 Å². The van der Waals surface area contributed by atoms with E-state index >= 15 is 0 Å². The van der Waals surface area contributed by atoms with Crippen LogP contribution in [0.25, 0.3) is 0 Å². The topological polar surface area (TPSA) is 111 Å². The van der Waals surface area contributed by atoms with E-state index in [1.54, 1.807) is 0 Å². The lowest BCUT2D eigenvalue weighted by molar-refractivity contribution is -0.870. The summed E-state index contributed by atoms with van der Waals surface area (Å²) < 4.78 is 22.7. The third-order valence-corrected chi connectivity index (χ3v) is 13.9. The fourth-order valence-electron chi connectivity index (χ4n) is 8.84. The largest absolute Gasteiger partial charge is 0.545 e. The standard InChI is InChI=1S/C74H123NO8/c1-6-8-10-12-14-16-18-20-22-24-26-27-28-29-30-31-32-33-34-35-36-37-38-39-40-41-42-43-44-45-47-49-51-53-55-57-59-61-63-65-72(77)83-70(69-82-74(73(78)79)80-67-66-75(3,4)5)68-81-71(76)64-62-60-58-56-54-52-50-48-46-25-23-21-19-17-15-13-11-9-7-2/h8,10,14,16,20,22,26-27,29-30,32-33,35-36,38-39,41-42,44-45,49,51,70,74H,6-7,9,11-13,15,17-19,21,23-25,28,31,34,37,40,43,46-48,50,52-69H2,1-5H3/b10-8-,16-14-,22-20-,27-26-,30-29-,33-32-,36-35-,39-38-,42-41-,45-44-,51-49-. The number of carbonyl (C=O) groups is 3. The molecule has 0 fully saturated rings. The molecule has 0 spiro atoms. The van der Waals surface area contributed by atoms with Gasteiger partial charge in [-0.1, -0.05) is 282 Å². The van der Waals surface area contributed by atoms with Gasteiger partial charge in [-0.15, -0.1) is 0 Å². The Morgan fingerprint density at radius 1 is 0.373 bits per heavy atom. The highest BCUT2D eigenvalue weighted by Crippen LogP contribution is 2.16. The number of carboxylic acid groups (broad SMARTS) is 1. The van der Waals surface area contributed by atoms with E-state index in [-0.39, 0.29) is 38.6 Å². The van der Waals surface area contributed by atoms with Crippen LogP contribution >= 0.6 is 0 Å². The molecule has 0 bridgehead atoms. The maximum atomic E-state index is 12.9. The van der Waals surface area contributed by atoms with E-state index in [0.717, 1.165) is 122 Å². The molecular formula is C74H123NO8. The van der Waals surface area contributed by atoms with E-state index in [1.165, 1.54) is 103 Å². The van der Waals surface area contributed by atoms with E-state index in [1.807, 2.05) is 21.1 Å². The number of carbonyl (C=O) groups excluding carboxylic acids is 3. The van der Waals surface area contributed by atoms with Crippen molar-refractivity contribution in [3.8, 4) is 0 Å². The number of rotatable bonds is 60. The molecule has 0 aromatic rings. The highest BCUT2D eigenvalue weighted by atomic mass is 16.7. The normalized spacial score (nSPS) is 13.6. The Balaban J connectivity index is 4.23. The first-order chi connectivity index (χ1) is 40.6. The number of quaternary nitrogens is 1. The van der Waals surface area contributed by atoms with E-state index in [9.17, 15) is 19.5 Å². The minimum atomic E-state index is -1.63. The summed E-state index contributed by atoms with van der Waals surface area (Å²) in [5, 5.41) is 11.8. The third kappa shape index (κ3) is 64.8. The molecule has 83 heavy (non-hydrogen) atoms. The zero-order valence-corrected chi connectivity index (χ0v) is 53.8. The molecule has 0 aromatic carbocycles. The molecule has 9 heteroatoms. The second-order valence-electron chi connectivity index (χ2n) is 23.0. The Kier molecular flexibility index (Phi) is 60.0. The molecule has 2 atom stereocenters. The smallest absolute Gasteiger partial charge is 0.306 e. The van der Waals surface area contributed by atoms with Gasteiger partial charge in [0, 0.05) is 12.8 Å². The Hall–Kier alpha value is -4.57. The summed E-state index contributed by atoms with van der Waals surface area (Å²) in [6.45, 7) is 4.62. The fourth-order valence-corrected chi connectivity index (χ4v) is 8.84. The van der Waals surface area contributed by atoms with Gasteiger partial charge in [-0.3, -0.25) is 9.59 Å². The van der Waals surface area contributed by atoms with E-state index in [0.29, 0.717) is 17.4 Å². The molecule has 9 nitrogen and oxygen atoms in total. The van der Waals surface area contributed by atoms with Gasteiger partial charge in [0.2, 0.25) is 0 Å². The van der Waals surface area contributed by atoms with Gasteiger partial charge in [0.15, 0.2) is 12.4 Å². The molecule has 0 saturated carbocycles. The van der Waals surface area contributed by atoms with Crippen molar-refractivity contribution in [1.29, 1.82) is 0 Å². The van der Waals surface area contributed by atoms with Crippen LogP contribution in [0.15, 0.2) is 134 Å². The molecule has 0 heterocycles. The van der Waals surface area contributed by atoms with Crippen LogP contribution in [0.4, 0.5) is 0 Å². The number of unbranched alkanes of at least 4 members (excludes halogenated alkanes) is 23. The minimum Gasteiger partial charge on any atom is -0.545 e. The van der Waals surface area contributed by atoms with Gasteiger partial charge in [-0.05, 0) is 96.3 Å². The predicted octanol–water partition coefficient (Wildman–Crippen LogP) is 19.2. The number of aliphatic carboxylic acids is 1. The van der Waals surface area contributed by atoms with E-state index in [2.05, 4.69) is 148 Å². The highest BCUT2D eigenvalue weighted by Gasteiger charge is 2.22. The first kappa shape index (κ1) is 78.4. The molecule has 0 aliphatic carbocycles. The number of esters is 2. The van der Waals surface area contributed by atoms with Crippen molar-refractivity contribution in [3.63, 3.8) is 0 Å². The Morgan fingerprint density at radius 3 is 1.02 bits per heavy atom. The van der Waals surface area contributed by atoms with E-state index < -0.39 is 24.3 Å². The quantitative estimate of drug-likeness (QED) is 0.0195. The molecule has 0 radical (unpaired) electrons. The Bertz CT molecular complexity index is 1820. The number of likely N-dealkylation sites (N-methyl/N-ethyl adjacent to an activating group) is 1. The maximum Gasteiger partial charge on any atom is 0.306 e. The van der Waals surface area contributed by atoms with Gasteiger partial charge in [0.1, 0.15) is 13.2 Å². The number of ether oxygens (including phenoxy) is 4. The highest BCUT2D eigenvalue weighted by molar-refractivity contribution is 5.70. The number of carboxylic acids is 1. The van der Waals surface area contributed by atoms with Crippen LogP contribution in [0.5, 0.6) is 0 Å².